The summed E-state index contributed by atoms with van der Waals surface area (Å²) in [6.45, 7) is 17.8. The van der Waals surface area contributed by atoms with E-state index in [1.165, 1.54) is 14.7 Å². The number of amides is 3. The highest BCUT2D eigenvalue weighted by Gasteiger charge is 2.35. The number of H-pyrrole nitrogens is 3. The van der Waals surface area contributed by atoms with Crippen molar-refractivity contribution in [2.45, 2.75) is 158 Å². The first kappa shape index (κ1) is 72.8. The molecule has 0 aliphatic carbocycles. The number of carbonyl (C=O) groups excluding carboxylic acids is 3. The zero-order chi connectivity index (χ0) is 69.3. The van der Waals surface area contributed by atoms with Gasteiger partial charge in [-0.05, 0) is 118 Å². The first-order valence-electron chi connectivity index (χ1n) is 32.6. The topological polar surface area (TPSA) is 336 Å². The summed E-state index contributed by atoms with van der Waals surface area (Å²) < 4.78 is 0. The number of carboxylic acid groups (broad SMARTS) is 3. The Morgan fingerprint density at radius 3 is 0.771 bits per heavy atom. The summed E-state index contributed by atoms with van der Waals surface area (Å²) in [6.07, 6.45) is 5.93. The Bertz CT molecular complexity index is 3500. The number of benzene rings is 6. The number of nitrogens with one attached hydrogen (secondary N) is 3. The normalized spacial score (nSPS) is 12.0. The fraction of sp³-hybridized carbons (Fsp3) is 0.375. The Labute approximate surface area is 559 Å². The molecule has 24 nitrogen and oxygen atoms in total. The molecule has 6 N–H and O–H groups in total. The van der Waals surface area contributed by atoms with E-state index in [0.29, 0.717) is 36.7 Å². The van der Waals surface area contributed by atoms with Crippen LogP contribution in [0.2, 0.25) is 0 Å². The summed E-state index contributed by atoms with van der Waals surface area (Å²) in [6, 6.07) is 44.3. The quantitative estimate of drug-likeness (QED) is 0.0244. The lowest BCUT2D eigenvalue weighted by atomic mass is 9.97. The average Bonchev–Trinajstić information content (AvgIpc) is 1.37. The molecule has 0 saturated carbocycles. The number of hydrogen-bond acceptors (Lipinski definition) is 15. The highest BCUT2D eigenvalue weighted by Crippen LogP contribution is 2.34. The third kappa shape index (κ3) is 19.7. The third-order valence-electron chi connectivity index (χ3n) is 16.3. The van der Waals surface area contributed by atoms with Crippen molar-refractivity contribution in [1.29, 1.82) is 0 Å². The van der Waals surface area contributed by atoms with Crippen molar-refractivity contribution < 1.29 is 44.1 Å². The minimum absolute atomic E-state index is 0.125. The molecule has 3 amide bonds. The second kappa shape index (κ2) is 36.1. The number of carboxylic acids is 3. The van der Waals surface area contributed by atoms with Gasteiger partial charge in [-0.2, -0.15) is 0 Å². The molecule has 0 aliphatic heterocycles. The van der Waals surface area contributed by atoms with Gasteiger partial charge in [-0.1, -0.05) is 227 Å². The molecule has 0 spiro atoms. The molecule has 9 rings (SSSR count). The third-order valence-corrected chi connectivity index (χ3v) is 16.3. The van der Waals surface area contributed by atoms with E-state index in [-0.39, 0.29) is 55.1 Å². The molecule has 9 aromatic rings. The average molecular weight is 1310 g/mol. The summed E-state index contributed by atoms with van der Waals surface area (Å²) in [4.78, 5) is 78.9. The minimum Gasteiger partial charge on any atom is -0.480 e. The molecule has 0 bridgehead atoms. The van der Waals surface area contributed by atoms with E-state index in [2.05, 4.69) is 61.9 Å². The van der Waals surface area contributed by atoms with Crippen LogP contribution < -0.4 is 0 Å². The van der Waals surface area contributed by atoms with Gasteiger partial charge in [0.15, 0.2) is 17.5 Å². The van der Waals surface area contributed by atoms with Crippen LogP contribution in [0.5, 0.6) is 0 Å². The van der Waals surface area contributed by atoms with E-state index in [4.69, 9.17) is 0 Å². The highest BCUT2D eigenvalue weighted by atomic mass is 16.4. The summed E-state index contributed by atoms with van der Waals surface area (Å²) in [5.41, 5.74) is 11.1. The minimum atomic E-state index is -0.976. The number of aromatic amines is 3. The maximum atomic E-state index is 12.9. The van der Waals surface area contributed by atoms with Gasteiger partial charge in [0.2, 0.25) is 17.7 Å². The standard InChI is InChI=1S/3C24H29N5O3/c3*1-4-5-10-21(30)29(22(16(2)3)24(31)32)15-17-11-13-18(14-12-17)19-8-6-7-9-20(19)23-25-27-28-26-23/h3*6-9,11-14,16,22H,4-5,10,15H2,1-3H3,(H,31,32)(H,25,26,27,28)/t3*22-/m000/s1. The van der Waals surface area contributed by atoms with Gasteiger partial charge in [0, 0.05) is 55.6 Å². The van der Waals surface area contributed by atoms with Crippen molar-refractivity contribution in [3.63, 3.8) is 0 Å². The number of nitrogens with zero attached hydrogens (tertiary/aromatic N) is 12. The second-order valence-electron chi connectivity index (χ2n) is 24.4. The molecule has 3 aromatic heterocycles. The van der Waals surface area contributed by atoms with Crippen molar-refractivity contribution in [1.82, 2.24) is 76.6 Å². The van der Waals surface area contributed by atoms with Crippen molar-refractivity contribution >= 4 is 35.6 Å². The first-order chi connectivity index (χ1) is 46.3. The fourth-order valence-corrected chi connectivity index (χ4v) is 11.4. The molecular weight excluding hydrogens is 1220 g/mol. The summed E-state index contributed by atoms with van der Waals surface area (Å²) >= 11 is 0. The molecule has 0 aliphatic rings. The molecule has 504 valence electrons. The number of aliphatic carboxylic acids is 3. The van der Waals surface area contributed by atoms with Crippen LogP contribution in [0.1, 0.15) is 137 Å². The lowest BCUT2D eigenvalue weighted by molar-refractivity contribution is -0.153. The molecule has 0 radical (unpaired) electrons. The van der Waals surface area contributed by atoms with Gasteiger partial charge in [0.25, 0.3) is 0 Å². The van der Waals surface area contributed by atoms with E-state index < -0.39 is 36.0 Å². The summed E-state index contributed by atoms with van der Waals surface area (Å²) in [5.74, 6) is -2.14. The van der Waals surface area contributed by atoms with Gasteiger partial charge in [-0.3, -0.25) is 14.4 Å². The number of carbonyl (C=O) groups is 6. The van der Waals surface area contributed by atoms with E-state index >= 15 is 0 Å². The molecule has 0 fully saturated rings. The van der Waals surface area contributed by atoms with Crippen LogP contribution in [0.15, 0.2) is 146 Å². The second-order valence-corrected chi connectivity index (χ2v) is 24.4. The Kier molecular flexibility index (Phi) is 27.4. The maximum absolute atomic E-state index is 12.9. The lowest BCUT2D eigenvalue weighted by Crippen LogP contribution is -2.47. The Balaban J connectivity index is 0.000000203. The van der Waals surface area contributed by atoms with Crippen LogP contribution >= 0.6 is 0 Å². The predicted octanol–water partition coefficient (Wildman–Crippen LogP) is 12.5. The summed E-state index contributed by atoms with van der Waals surface area (Å²) in [5, 5.41) is 71.6. The van der Waals surface area contributed by atoms with Crippen LogP contribution in [0.4, 0.5) is 0 Å². The zero-order valence-corrected chi connectivity index (χ0v) is 56.0. The van der Waals surface area contributed by atoms with Crippen molar-refractivity contribution in [2.75, 3.05) is 0 Å². The predicted molar refractivity (Wildman–Crippen MR) is 364 cm³/mol. The number of aromatic nitrogens is 12. The molecule has 3 heterocycles. The van der Waals surface area contributed by atoms with E-state index in [1.54, 1.807) is 0 Å². The van der Waals surface area contributed by atoms with Gasteiger partial charge in [0.05, 0.1) is 0 Å². The maximum Gasteiger partial charge on any atom is 0.326 e. The molecule has 6 aromatic carbocycles. The molecular formula is C72H87N15O9. The van der Waals surface area contributed by atoms with E-state index in [1.807, 2.05) is 208 Å². The van der Waals surface area contributed by atoms with Crippen molar-refractivity contribution in [2.24, 2.45) is 17.8 Å². The van der Waals surface area contributed by atoms with Crippen LogP contribution in [0, 0.1) is 17.8 Å². The Hall–Kier alpha value is -10.7. The Morgan fingerprint density at radius 2 is 0.583 bits per heavy atom. The number of rotatable bonds is 30. The lowest BCUT2D eigenvalue weighted by Gasteiger charge is -2.32. The molecule has 3 atom stereocenters. The van der Waals surface area contributed by atoms with Gasteiger partial charge in [-0.15, -0.1) is 15.3 Å². The van der Waals surface area contributed by atoms with Crippen LogP contribution in [-0.4, -0.2) is 146 Å². The van der Waals surface area contributed by atoms with Crippen molar-refractivity contribution in [3.8, 4) is 67.5 Å². The van der Waals surface area contributed by atoms with Crippen LogP contribution in [-0.2, 0) is 48.4 Å². The molecule has 0 saturated heterocycles. The van der Waals surface area contributed by atoms with E-state index in [9.17, 15) is 44.1 Å². The Morgan fingerprint density at radius 1 is 0.354 bits per heavy atom. The largest absolute Gasteiger partial charge is 0.480 e. The van der Waals surface area contributed by atoms with Gasteiger partial charge in [0.1, 0.15) is 18.1 Å². The number of unbranched alkanes of at least 4 members (excludes halogenated alkanes) is 3. The van der Waals surface area contributed by atoms with Gasteiger partial charge < -0.3 is 30.0 Å². The van der Waals surface area contributed by atoms with Crippen LogP contribution in [0.3, 0.4) is 0 Å². The smallest absolute Gasteiger partial charge is 0.326 e. The molecule has 24 heteroatoms. The van der Waals surface area contributed by atoms with Gasteiger partial charge >= 0.3 is 17.9 Å². The SMILES string of the molecule is CCCCC(=O)N(Cc1ccc(-c2ccccc2-c2nnn[nH]2)cc1)[C@H](C(=O)O)C(C)C.CCCCC(=O)N(Cc1ccc(-c2ccccc2-c2nnn[nH]2)cc1)[C@H](C(=O)O)C(C)C.CCCCC(=O)N(Cc1ccc(-c2ccccc2-c2nnn[nH]2)cc1)[C@H](C(=O)O)C(C)C. The fourth-order valence-electron chi connectivity index (χ4n) is 11.4. The first-order valence-corrected chi connectivity index (χ1v) is 32.6. The highest BCUT2D eigenvalue weighted by molar-refractivity contribution is 5.87. The van der Waals surface area contributed by atoms with Gasteiger partial charge in [-0.25, -0.2) is 29.7 Å². The molecule has 0 unspecified atom stereocenters. The summed E-state index contributed by atoms with van der Waals surface area (Å²) in [7, 11) is 0. The van der Waals surface area contributed by atoms with E-state index in [0.717, 1.165) is 105 Å². The zero-order valence-electron chi connectivity index (χ0n) is 56.0. The number of tetrazole rings is 3. The van der Waals surface area contributed by atoms with Crippen LogP contribution in [0.25, 0.3) is 67.5 Å². The van der Waals surface area contributed by atoms with Crippen molar-refractivity contribution in [3.05, 3.63) is 162 Å². The number of hydrogen-bond donors (Lipinski definition) is 6. The monoisotopic (exact) mass is 1310 g/mol. The molecule has 96 heavy (non-hydrogen) atoms.